The Balaban J connectivity index is 1.49. The highest BCUT2D eigenvalue weighted by Gasteiger charge is 2.30. The fourth-order valence-electron chi connectivity index (χ4n) is 3.93. The highest BCUT2D eigenvalue weighted by Crippen LogP contribution is 2.36. The number of pyridine rings is 1. The van der Waals surface area contributed by atoms with Gasteiger partial charge in [-0.3, -0.25) is 4.79 Å². The molecule has 1 fully saturated rings. The molecule has 7 nitrogen and oxygen atoms in total. The van der Waals surface area contributed by atoms with Gasteiger partial charge in [-0.05, 0) is 55.5 Å². The lowest BCUT2D eigenvalue weighted by Crippen LogP contribution is -2.37. The maximum Gasteiger partial charge on any atom is 0.251 e. The fourth-order valence-corrected chi connectivity index (χ4v) is 4.31. The largest absolute Gasteiger partial charge is 0.494 e. The molecule has 1 heterocycles. The molecule has 0 aliphatic heterocycles. The summed E-state index contributed by atoms with van der Waals surface area (Å²) < 4.78 is 29.5. The van der Waals surface area contributed by atoms with Crippen LogP contribution in [0.5, 0.6) is 17.2 Å². The van der Waals surface area contributed by atoms with Crippen LogP contribution in [0, 0.1) is 5.82 Å². The van der Waals surface area contributed by atoms with Gasteiger partial charge >= 0.3 is 0 Å². The zero-order chi connectivity index (χ0) is 26.7. The van der Waals surface area contributed by atoms with Crippen LogP contribution < -0.4 is 19.5 Å². The number of hydrogen-bond donors (Lipinski definition) is 3. The van der Waals surface area contributed by atoms with Crippen LogP contribution >= 0.6 is 24.2 Å². The first-order valence-corrected chi connectivity index (χ1v) is 12.5. The van der Waals surface area contributed by atoms with Gasteiger partial charge in [-0.1, -0.05) is 11.6 Å². The molecular weight excluding hydrogens is 519 g/mol. The van der Waals surface area contributed by atoms with Gasteiger partial charge in [0.05, 0.1) is 35.8 Å². The number of thiol groups is 1. The van der Waals surface area contributed by atoms with E-state index in [1.807, 2.05) is 6.92 Å². The van der Waals surface area contributed by atoms with E-state index in [1.165, 1.54) is 26.4 Å². The predicted octanol–water partition coefficient (Wildman–Crippen LogP) is 5.04. The fraction of sp³-hybridized carbons (Fsp3) is 0.333. The summed E-state index contributed by atoms with van der Waals surface area (Å²) in [7, 11) is 3.02. The Labute approximate surface area is 225 Å². The molecule has 1 unspecified atom stereocenters. The van der Waals surface area contributed by atoms with Gasteiger partial charge in [0.1, 0.15) is 23.4 Å². The van der Waals surface area contributed by atoms with Crippen molar-refractivity contribution >= 4 is 30.1 Å². The molecule has 1 aliphatic carbocycles. The molecule has 1 saturated carbocycles. The summed E-state index contributed by atoms with van der Waals surface area (Å²) >= 11 is 10.7. The van der Waals surface area contributed by atoms with Crippen LogP contribution in [0.1, 0.15) is 35.8 Å². The molecule has 0 spiro atoms. The third-order valence-electron chi connectivity index (χ3n) is 6.21. The van der Waals surface area contributed by atoms with Crippen LogP contribution in [0.25, 0.3) is 11.3 Å². The number of halogens is 2. The van der Waals surface area contributed by atoms with E-state index >= 15 is 0 Å². The number of rotatable bonds is 9. The van der Waals surface area contributed by atoms with Gasteiger partial charge in [0.15, 0.2) is 11.5 Å². The van der Waals surface area contributed by atoms with E-state index in [0.717, 1.165) is 0 Å². The Morgan fingerprint density at radius 3 is 2.49 bits per heavy atom. The van der Waals surface area contributed by atoms with Crippen LogP contribution in [0.3, 0.4) is 0 Å². The number of nitrogens with one attached hydrogen (secondary N) is 1. The van der Waals surface area contributed by atoms with Gasteiger partial charge in [-0.25, -0.2) is 9.37 Å². The Morgan fingerprint density at radius 1 is 1.14 bits per heavy atom. The van der Waals surface area contributed by atoms with E-state index in [1.54, 1.807) is 36.4 Å². The van der Waals surface area contributed by atoms with Crippen LogP contribution in [-0.4, -0.2) is 49.0 Å². The third-order valence-corrected chi connectivity index (χ3v) is 6.88. The number of aromatic nitrogens is 1. The Morgan fingerprint density at radius 2 is 1.84 bits per heavy atom. The molecule has 2 N–H and O–H groups in total. The maximum absolute atomic E-state index is 13.7. The molecule has 10 heteroatoms. The topological polar surface area (TPSA) is 89.9 Å². The Bertz CT molecular complexity index is 1300. The maximum atomic E-state index is 13.7. The average Bonchev–Trinajstić information content (AvgIpc) is 2.87. The molecule has 4 rings (SSSR count). The van der Waals surface area contributed by atoms with Crippen molar-refractivity contribution in [3.63, 3.8) is 0 Å². The second-order valence-electron chi connectivity index (χ2n) is 9.06. The normalized spacial score (nSPS) is 18.4. The summed E-state index contributed by atoms with van der Waals surface area (Å²) in [5.41, 5.74) is 2.04. The average molecular weight is 547 g/mol. The van der Waals surface area contributed by atoms with Gasteiger partial charge in [0, 0.05) is 30.5 Å². The van der Waals surface area contributed by atoms with E-state index in [-0.39, 0.29) is 29.7 Å². The lowest BCUT2D eigenvalue weighted by Gasteiger charge is -2.32. The molecule has 37 heavy (non-hydrogen) atoms. The SMILES string of the molecule is COc1cc(C(=O)NCC(C)(S)c2ccc(OC)c(-c3ccc(F)c(Cl)c3)n2)ccc1O[C@H]1C[C@H](O)C1. The molecule has 3 aromatic rings. The van der Waals surface area contributed by atoms with E-state index in [4.69, 9.17) is 43.4 Å². The minimum atomic E-state index is -0.849. The first-order chi connectivity index (χ1) is 17.6. The van der Waals surface area contributed by atoms with Gasteiger partial charge in [-0.2, -0.15) is 12.6 Å². The molecule has 1 amide bonds. The summed E-state index contributed by atoms with van der Waals surface area (Å²) in [6.45, 7) is 2.00. The number of amides is 1. The highest BCUT2D eigenvalue weighted by atomic mass is 35.5. The first kappa shape index (κ1) is 27.0. The molecule has 1 aromatic heterocycles. The highest BCUT2D eigenvalue weighted by molar-refractivity contribution is 7.81. The van der Waals surface area contributed by atoms with Crippen molar-refractivity contribution < 1.29 is 28.5 Å². The second-order valence-corrected chi connectivity index (χ2v) is 10.5. The number of carbonyl (C=O) groups is 1. The second kappa shape index (κ2) is 11.2. The number of aliphatic hydroxyl groups is 1. The first-order valence-electron chi connectivity index (χ1n) is 11.7. The molecule has 1 aliphatic rings. The predicted molar refractivity (Wildman–Crippen MR) is 143 cm³/mol. The van der Waals surface area contributed by atoms with Crippen molar-refractivity contribution in [2.75, 3.05) is 20.8 Å². The van der Waals surface area contributed by atoms with Crippen LogP contribution in [0.4, 0.5) is 4.39 Å². The monoisotopic (exact) mass is 546 g/mol. The zero-order valence-electron chi connectivity index (χ0n) is 20.6. The number of ether oxygens (including phenoxy) is 3. The number of hydrogen-bond acceptors (Lipinski definition) is 7. The van der Waals surface area contributed by atoms with Crippen molar-refractivity contribution in [3.05, 3.63) is 70.6 Å². The number of nitrogens with zero attached hydrogens (tertiary/aromatic N) is 1. The van der Waals surface area contributed by atoms with E-state index in [0.29, 0.717) is 52.6 Å². The van der Waals surface area contributed by atoms with Gasteiger partial charge in [0.25, 0.3) is 5.91 Å². The number of aliphatic hydroxyl groups excluding tert-OH is 1. The van der Waals surface area contributed by atoms with Crippen LogP contribution in [-0.2, 0) is 4.75 Å². The molecule has 2 aromatic carbocycles. The summed E-state index contributed by atoms with van der Waals surface area (Å²) in [5, 5.41) is 12.3. The van der Waals surface area contributed by atoms with Crippen LogP contribution in [0.15, 0.2) is 48.5 Å². The standard InChI is InChI=1S/C27H28ClFN2O5S/c1-27(37,24-9-8-22(34-2)25(31-24)15-4-6-20(29)19(28)10-15)14-30-26(33)16-5-7-21(23(11-16)35-3)36-18-12-17(32)13-18/h4-11,17-18,32,37H,12-14H2,1-3H3,(H,30,33)/t17-,18-,27?. The minimum Gasteiger partial charge on any atom is -0.494 e. The van der Waals surface area contributed by atoms with Crippen molar-refractivity contribution in [2.45, 2.75) is 36.7 Å². The molecule has 1 atom stereocenters. The van der Waals surface area contributed by atoms with Crippen molar-refractivity contribution in [3.8, 4) is 28.5 Å². The van der Waals surface area contributed by atoms with Crippen molar-refractivity contribution in [2.24, 2.45) is 0 Å². The molecule has 196 valence electrons. The smallest absolute Gasteiger partial charge is 0.251 e. The van der Waals surface area contributed by atoms with Gasteiger partial charge < -0.3 is 24.6 Å². The van der Waals surface area contributed by atoms with Crippen molar-refractivity contribution in [1.82, 2.24) is 10.3 Å². The van der Waals surface area contributed by atoms with Crippen molar-refractivity contribution in [1.29, 1.82) is 0 Å². The Kier molecular flexibility index (Phi) is 8.16. The quantitative estimate of drug-likeness (QED) is 0.326. The van der Waals surface area contributed by atoms with Crippen LogP contribution in [0.2, 0.25) is 5.02 Å². The molecule has 0 radical (unpaired) electrons. The lowest BCUT2D eigenvalue weighted by atomic mass is 9.92. The van der Waals surface area contributed by atoms with E-state index < -0.39 is 10.6 Å². The molecule has 0 saturated heterocycles. The summed E-state index contributed by atoms with van der Waals surface area (Å²) in [5.74, 6) is 0.599. The Hall–Kier alpha value is -3.01. The van der Waals surface area contributed by atoms with E-state index in [2.05, 4.69) is 5.32 Å². The summed E-state index contributed by atoms with van der Waals surface area (Å²) in [6, 6.07) is 12.8. The number of carbonyl (C=O) groups excluding carboxylic acids is 1. The molecular formula is C27H28ClFN2O5S. The summed E-state index contributed by atoms with van der Waals surface area (Å²) in [6.07, 6.45) is 0.741. The number of methoxy groups -OCH3 is 2. The summed E-state index contributed by atoms with van der Waals surface area (Å²) in [4.78, 5) is 17.6. The van der Waals surface area contributed by atoms with E-state index in [9.17, 15) is 14.3 Å². The lowest BCUT2D eigenvalue weighted by molar-refractivity contribution is -0.0118. The zero-order valence-corrected chi connectivity index (χ0v) is 22.3. The van der Waals surface area contributed by atoms with Gasteiger partial charge in [-0.15, -0.1) is 0 Å². The number of benzene rings is 2. The molecule has 0 bridgehead atoms. The third kappa shape index (κ3) is 6.11. The minimum absolute atomic E-state index is 0.0234. The van der Waals surface area contributed by atoms with Gasteiger partial charge in [0.2, 0.25) is 0 Å².